The molecule has 0 saturated heterocycles. The molecule has 90 valence electrons. The second-order valence-electron chi connectivity index (χ2n) is 4.46. The minimum absolute atomic E-state index is 0.0808. The predicted molar refractivity (Wildman–Crippen MR) is 69.6 cm³/mol. The first-order chi connectivity index (χ1) is 7.97. The van der Waals surface area contributed by atoms with Crippen LogP contribution in [0.4, 0.5) is 0 Å². The van der Waals surface area contributed by atoms with Crippen LogP contribution in [-0.2, 0) is 9.59 Å². The van der Waals surface area contributed by atoms with Crippen LogP contribution < -0.4 is 0 Å². The molecule has 0 aliphatic heterocycles. The summed E-state index contributed by atoms with van der Waals surface area (Å²) in [4.78, 5) is 23.0. The van der Waals surface area contributed by atoms with Crippen molar-refractivity contribution in [2.75, 3.05) is 0 Å². The molecule has 0 fully saturated rings. The summed E-state index contributed by atoms with van der Waals surface area (Å²) in [6.45, 7) is 4.64. The third-order valence-electron chi connectivity index (χ3n) is 3.19. The van der Waals surface area contributed by atoms with Gasteiger partial charge < -0.3 is 0 Å². The van der Waals surface area contributed by atoms with Gasteiger partial charge in [-0.2, -0.15) is 0 Å². The van der Waals surface area contributed by atoms with Crippen LogP contribution in [0.2, 0.25) is 0 Å². The second-order valence-corrected chi connectivity index (χ2v) is 4.46. The number of Topliss-reactive ketones (excluding diaryl/α,β-unsaturated/α-hetero) is 2. The number of carbonyl (C=O) groups excluding carboxylic acids is 2. The van der Waals surface area contributed by atoms with Gasteiger partial charge in [0.05, 0.1) is 5.41 Å². The molecule has 0 aliphatic carbocycles. The van der Waals surface area contributed by atoms with Gasteiger partial charge in [-0.25, -0.2) is 0 Å². The highest BCUT2D eigenvalue weighted by Crippen LogP contribution is 2.25. The second kappa shape index (κ2) is 5.58. The molecule has 0 aromatic heterocycles. The van der Waals surface area contributed by atoms with Crippen molar-refractivity contribution >= 4 is 17.6 Å². The fourth-order valence-electron chi connectivity index (χ4n) is 1.53. The average molecular weight is 230 g/mol. The Morgan fingerprint density at radius 1 is 1.12 bits per heavy atom. The van der Waals surface area contributed by atoms with Crippen molar-refractivity contribution in [1.82, 2.24) is 0 Å². The van der Waals surface area contributed by atoms with Crippen molar-refractivity contribution in [2.24, 2.45) is 5.41 Å². The van der Waals surface area contributed by atoms with E-state index < -0.39 is 5.41 Å². The van der Waals surface area contributed by atoms with Crippen molar-refractivity contribution in [2.45, 2.75) is 27.2 Å². The van der Waals surface area contributed by atoms with Gasteiger partial charge in [-0.05, 0) is 32.8 Å². The number of allylic oxidation sites excluding steroid dienone is 1. The Bertz CT molecular complexity index is 415. The molecule has 0 N–H and O–H groups in total. The van der Waals surface area contributed by atoms with Crippen LogP contribution in [0.1, 0.15) is 32.8 Å². The van der Waals surface area contributed by atoms with Crippen LogP contribution in [0.25, 0.3) is 6.08 Å². The Morgan fingerprint density at radius 3 is 2.12 bits per heavy atom. The molecule has 0 aliphatic rings. The zero-order chi connectivity index (χ0) is 12.9. The zero-order valence-corrected chi connectivity index (χ0v) is 10.6. The van der Waals surface area contributed by atoms with Crippen LogP contribution in [0.15, 0.2) is 36.4 Å². The molecule has 0 heterocycles. The highest BCUT2D eigenvalue weighted by Gasteiger charge is 2.33. The summed E-state index contributed by atoms with van der Waals surface area (Å²) in [6.07, 6.45) is 4.27. The summed E-state index contributed by atoms with van der Waals surface area (Å²) in [5.74, 6) is -0.162. The Hall–Kier alpha value is -1.70. The van der Waals surface area contributed by atoms with Crippen LogP contribution in [0.3, 0.4) is 0 Å². The maximum atomic E-state index is 11.5. The lowest BCUT2D eigenvalue weighted by Gasteiger charge is -2.21. The van der Waals surface area contributed by atoms with E-state index in [1.165, 1.54) is 13.8 Å². The first kappa shape index (κ1) is 13.4. The topological polar surface area (TPSA) is 34.1 Å². The fraction of sp³-hybridized carbons (Fsp3) is 0.333. The monoisotopic (exact) mass is 230 g/mol. The SMILES string of the molecule is CC(=O)C(C)(C/C=C/c1ccccc1)C(C)=O. The number of ketones is 2. The van der Waals surface area contributed by atoms with Crippen molar-refractivity contribution in [3.63, 3.8) is 0 Å². The normalized spacial score (nSPS) is 11.7. The molecule has 0 amide bonds. The molecular formula is C15H18O2. The summed E-state index contributed by atoms with van der Waals surface area (Å²) in [7, 11) is 0. The smallest absolute Gasteiger partial charge is 0.143 e. The number of rotatable bonds is 5. The molecule has 0 saturated carbocycles. The van der Waals surface area contributed by atoms with E-state index in [1.54, 1.807) is 6.92 Å². The molecule has 1 aromatic carbocycles. The van der Waals surface area contributed by atoms with Gasteiger partial charge in [-0.15, -0.1) is 0 Å². The van der Waals surface area contributed by atoms with Crippen molar-refractivity contribution in [1.29, 1.82) is 0 Å². The lowest BCUT2D eigenvalue weighted by atomic mass is 9.79. The molecule has 0 atom stereocenters. The highest BCUT2D eigenvalue weighted by atomic mass is 16.2. The Kier molecular flexibility index (Phi) is 4.38. The van der Waals surface area contributed by atoms with Crippen LogP contribution in [0, 0.1) is 5.41 Å². The van der Waals surface area contributed by atoms with Crippen LogP contribution in [-0.4, -0.2) is 11.6 Å². The van der Waals surface area contributed by atoms with Gasteiger partial charge in [0.2, 0.25) is 0 Å². The highest BCUT2D eigenvalue weighted by molar-refractivity contribution is 6.04. The molecule has 1 aromatic rings. The van der Waals surface area contributed by atoms with Gasteiger partial charge in [0.15, 0.2) is 0 Å². The summed E-state index contributed by atoms with van der Waals surface area (Å²) in [6, 6.07) is 9.82. The molecule has 0 unspecified atom stereocenters. The molecule has 0 spiro atoms. The summed E-state index contributed by atoms with van der Waals surface area (Å²) >= 11 is 0. The number of carbonyl (C=O) groups is 2. The minimum Gasteiger partial charge on any atom is -0.299 e. The number of benzene rings is 1. The maximum absolute atomic E-state index is 11.5. The fourth-order valence-corrected chi connectivity index (χ4v) is 1.53. The molecule has 2 nitrogen and oxygen atoms in total. The van der Waals surface area contributed by atoms with E-state index in [1.807, 2.05) is 42.5 Å². The van der Waals surface area contributed by atoms with Crippen LogP contribution in [0.5, 0.6) is 0 Å². The average Bonchev–Trinajstić information content (AvgIpc) is 2.29. The number of hydrogen-bond donors (Lipinski definition) is 0. The quantitative estimate of drug-likeness (QED) is 0.727. The molecule has 1 rings (SSSR count). The van der Waals surface area contributed by atoms with Gasteiger partial charge in [0, 0.05) is 0 Å². The van der Waals surface area contributed by atoms with Gasteiger partial charge in [-0.1, -0.05) is 42.5 Å². The standard InChI is InChI=1S/C15H18O2/c1-12(16)15(3,13(2)17)11-7-10-14-8-5-4-6-9-14/h4-10H,11H2,1-3H3/b10-7+. The Morgan fingerprint density at radius 2 is 1.65 bits per heavy atom. The molecule has 0 radical (unpaired) electrons. The van der Waals surface area contributed by atoms with Gasteiger partial charge >= 0.3 is 0 Å². The Balaban J connectivity index is 2.75. The summed E-state index contributed by atoms with van der Waals surface area (Å²) in [5, 5.41) is 0. The van der Waals surface area contributed by atoms with E-state index in [-0.39, 0.29) is 11.6 Å². The molecule has 0 bridgehead atoms. The molecule has 17 heavy (non-hydrogen) atoms. The predicted octanol–water partition coefficient (Wildman–Crippen LogP) is 3.27. The van der Waals surface area contributed by atoms with Crippen molar-refractivity contribution in [3.05, 3.63) is 42.0 Å². The van der Waals surface area contributed by atoms with Crippen molar-refractivity contribution in [3.8, 4) is 0 Å². The lowest BCUT2D eigenvalue weighted by molar-refractivity contribution is -0.137. The van der Waals surface area contributed by atoms with E-state index in [0.717, 1.165) is 5.56 Å². The van der Waals surface area contributed by atoms with Crippen molar-refractivity contribution < 1.29 is 9.59 Å². The summed E-state index contributed by atoms with van der Waals surface area (Å²) < 4.78 is 0. The van der Waals surface area contributed by atoms with Gasteiger partial charge in [0.1, 0.15) is 11.6 Å². The van der Waals surface area contributed by atoms with E-state index in [2.05, 4.69) is 0 Å². The number of hydrogen-bond acceptors (Lipinski definition) is 2. The van der Waals surface area contributed by atoms with E-state index in [4.69, 9.17) is 0 Å². The van der Waals surface area contributed by atoms with Gasteiger partial charge in [-0.3, -0.25) is 9.59 Å². The maximum Gasteiger partial charge on any atom is 0.143 e. The lowest BCUT2D eigenvalue weighted by Crippen LogP contribution is -2.32. The first-order valence-corrected chi connectivity index (χ1v) is 5.70. The Labute approximate surface area is 102 Å². The largest absolute Gasteiger partial charge is 0.299 e. The summed E-state index contributed by atoms with van der Waals surface area (Å²) in [5.41, 5.74) is 0.188. The zero-order valence-electron chi connectivity index (χ0n) is 10.6. The third-order valence-corrected chi connectivity index (χ3v) is 3.19. The van der Waals surface area contributed by atoms with E-state index in [9.17, 15) is 9.59 Å². The molecular weight excluding hydrogens is 212 g/mol. The first-order valence-electron chi connectivity index (χ1n) is 5.70. The third kappa shape index (κ3) is 3.38. The van der Waals surface area contributed by atoms with Crippen LogP contribution >= 0.6 is 0 Å². The van der Waals surface area contributed by atoms with Gasteiger partial charge in [0.25, 0.3) is 0 Å². The minimum atomic E-state index is -0.884. The van der Waals surface area contributed by atoms with E-state index >= 15 is 0 Å². The molecule has 2 heteroatoms. The van der Waals surface area contributed by atoms with E-state index in [0.29, 0.717) is 6.42 Å².